The van der Waals surface area contributed by atoms with E-state index < -0.39 is 0 Å². The van der Waals surface area contributed by atoms with Crippen molar-refractivity contribution in [3.8, 4) is 6.01 Å². The van der Waals surface area contributed by atoms with Crippen LogP contribution in [-0.2, 0) is 0 Å². The lowest BCUT2D eigenvalue weighted by Gasteiger charge is -2.33. The number of aromatic nitrogens is 3. The molecular weight excluding hydrogens is 266 g/mol. The zero-order chi connectivity index (χ0) is 15.2. The molecule has 0 aliphatic heterocycles. The molecule has 1 fully saturated rings. The van der Waals surface area contributed by atoms with Crippen molar-refractivity contribution in [3.05, 3.63) is 0 Å². The van der Waals surface area contributed by atoms with Crippen molar-refractivity contribution in [2.75, 3.05) is 23.8 Å². The van der Waals surface area contributed by atoms with Gasteiger partial charge in [-0.2, -0.15) is 15.0 Å². The molecule has 1 saturated carbocycles. The molecule has 21 heavy (non-hydrogen) atoms. The molecular formula is C15H27N5O. The largest absolute Gasteiger partial charge is 0.464 e. The van der Waals surface area contributed by atoms with Crippen LogP contribution in [0.2, 0.25) is 0 Å². The van der Waals surface area contributed by atoms with E-state index in [-0.39, 0.29) is 0 Å². The molecule has 0 aromatic carbocycles. The summed E-state index contributed by atoms with van der Waals surface area (Å²) in [6.07, 6.45) is 3.67. The first kappa shape index (κ1) is 15.8. The minimum atomic E-state index is 0.378. The smallest absolute Gasteiger partial charge is 0.323 e. The third kappa shape index (κ3) is 4.44. The molecule has 2 N–H and O–H groups in total. The van der Waals surface area contributed by atoms with Crippen molar-refractivity contribution in [2.45, 2.75) is 53.0 Å². The average Bonchev–Trinajstić information content (AvgIpc) is 2.42. The van der Waals surface area contributed by atoms with Gasteiger partial charge in [-0.15, -0.1) is 0 Å². The van der Waals surface area contributed by atoms with Gasteiger partial charge in [0.2, 0.25) is 11.9 Å². The molecule has 6 heteroatoms. The highest BCUT2D eigenvalue weighted by Crippen LogP contribution is 2.30. The highest BCUT2D eigenvalue weighted by atomic mass is 16.5. The fourth-order valence-electron chi connectivity index (χ4n) is 2.90. The van der Waals surface area contributed by atoms with Crippen LogP contribution in [0.4, 0.5) is 11.9 Å². The Kier molecular flexibility index (Phi) is 5.59. The Bertz CT molecular complexity index is 429. The molecule has 1 aromatic heterocycles. The van der Waals surface area contributed by atoms with Crippen LogP contribution in [0, 0.1) is 11.8 Å². The Balaban J connectivity index is 2.10. The quantitative estimate of drug-likeness (QED) is 0.840. The highest BCUT2D eigenvalue weighted by molar-refractivity contribution is 5.36. The molecule has 0 spiro atoms. The maximum absolute atomic E-state index is 5.42. The van der Waals surface area contributed by atoms with Gasteiger partial charge in [-0.3, -0.25) is 0 Å². The van der Waals surface area contributed by atoms with Gasteiger partial charge in [-0.25, -0.2) is 0 Å². The molecule has 0 amide bonds. The maximum atomic E-state index is 5.42. The highest BCUT2D eigenvalue weighted by Gasteiger charge is 2.26. The van der Waals surface area contributed by atoms with E-state index in [1.54, 1.807) is 0 Å². The lowest BCUT2D eigenvalue weighted by atomic mass is 9.80. The second-order valence-corrected chi connectivity index (χ2v) is 5.87. The molecule has 3 atom stereocenters. The summed E-state index contributed by atoms with van der Waals surface area (Å²) >= 11 is 0. The molecule has 0 saturated heterocycles. The SMILES string of the molecule is CCNc1nc(NC2CCC(C)CC2C)nc(OCC)n1. The lowest BCUT2D eigenvalue weighted by molar-refractivity contribution is 0.275. The summed E-state index contributed by atoms with van der Waals surface area (Å²) < 4.78 is 5.42. The normalized spacial score (nSPS) is 25.4. The minimum absolute atomic E-state index is 0.378. The van der Waals surface area contributed by atoms with E-state index in [0.717, 1.165) is 18.9 Å². The van der Waals surface area contributed by atoms with E-state index in [4.69, 9.17) is 4.74 Å². The summed E-state index contributed by atoms with van der Waals surface area (Å²) in [5.74, 6) is 2.61. The van der Waals surface area contributed by atoms with E-state index in [1.807, 2.05) is 13.8 Å². The summed E-state index contributed by atoms with van der Waals surface area (Å²) in [6, 6.07) is 0.801. The van der Waals surface area contributed by atoms with E-state index >= 15 is 0 Å². The minimum Gasteiger partial charge on any atom is -0.464 e. The van der Waals surface area contributed by atoms with Crippen LogP contribution in [0.25, 0.3) is 0 Å². The summed E-state index contributed by atoms with van der Waals surface area (Å²) in [4.78, 5) is 13.0. The molecule has 6 nitrogen and oxygen atoms in total. The molecule has 0 radical (unpaired) electrons. The van der Waals surface area contributed by atoms with E-state index in [2.05, 4.69) is 39.4 Å². The van der Waals surface area contributed by atoms with E-state index in [0.29, 0.717) is 36.5 Å². The Labute approximate surface area is 127 Å². The zero-order valence-electron chi connectivity index (χ0n) is 13.5. The monoisotopic (exact) mass is 293 g/mol. The van der Waals surface area contributed by atoms with Crippen LogP contribution in [0.3, 0.4) is 0 Å². The number of ether oxygens (including phenoxy) is 1. The van der Waals surface area contributed by atoms with Crippen LogP contribution in [0.15, 0.2) is 0 Å². The molecule has 1 aliphatic carbocycles. The van der Waals surface area contributed by atoms with Gasteiger partial charge in [0.05, 0.1) is 6.61 Å². The lowest BCUT2D eigenvalue weighted by Crippen LogP contribution is -2.33. The van der Waals surface area contributed by atoms with Crippen molar-refractivity contribution in [2.24, 2.45) is 11.8 Å². The summed E-state index contributed by atoms with van der Waals surface area (Å²) in [5, 5.41) is 6.59. The Morgan fingerprint density at radius 1 is 1.10 bits per heavy atom. The Morgan fingerprint density at radius 2 is 1.86 bits per heavy atom. The molecule has 1 aliphatic rings. The van der Waals surface area contributed by atoms with Gasteiger partial charge in [0.1, 0.15) is 0 Å². The first-order valence-electron chi connectivity index (χ1n) is 8.01. The third-order valence-electron chi connectivity index (χ3n) is 3.97. The first-order chi connectivity index (χ1) is 10.1. The number of hydrogen-bond acceptors (Lipinski definition) is 6. The number of rotatable bonds is 6. The predicted octanol–water partition coefficient (Wildman–Crippen LogP) is 2.94. The summed E-state index contributed by atoms with van der Waals surface area (Å²) in [5.41, 5.74) is 0. The van der Waals surface area contributed by atoms with Gasteiger partial charge < -0.3 is 15.4 Å². The van der Waals surface area contributed by atoms with Gasteiger partial charge in [0, 0.05) is 12.6 Å². The maximum Gasteiger partial charge on any atom is 0.323 e. The fraction of sp³-hybridized carbons (Fsp3) is 0.800. The van der Waals surface area contributed by atoms with Gasteiger partial charge in [-0.1, -0.05) is 13.8 Å². The molecule has 0 bridgehead atoms. The molecule has 3 unspecified atom stereocenters. The van der Waals surface area contributed by atoms with Crippen molar-refractivity contribution >= 4 is 11.9 Å². The van der Waals surface area contributed by atoms with Crippen molar-refractivity contribution in [3.63, 3.8) is 0 Å². The number of nitrogens with one attached hydrogen (secondary N) is 2. The van der Waals surface area contributed by atoms with Crippen LogP contribution in [0.5, 0.6) is 6.01 Å². The third-order valence-corrected chi connectivity index (χ3v) is 3.97. The van der Waals surface area contributed by atoms with Gasteiger partial charge in [-0.05, 0) is 44.9 Å². The molecule has 118 valence electrons. The second kappa shape index (κ2) is 7.43. The topological polar surface area (TPSA) is 72.0 Å². The molecule has 1 aromatic rings. The summed E-state index contributed by atoms with van der Waals surface area (Å²) in [6.45, 7) is 9.88. The molecule has 2 rings (SSSR count). The van der Waals surface area contributed by atoms with Crippen LogP contribution < -0.4 is 15.4 Å². The fourth-order valence-corrected chi connectivity index (χ4v) is 2.90. The number of nitrogens with zero attached hydrogens (tertiary/aromatic N) is 3. The van der Waals surface area contributed by atoms with Gasteiger partial charge >= 0.3 is 6.01 Å². The van der Waals surface area contributed by atoms with Crippen LogP contribution >= 0.6 is 0 Å². The first-order valence-corrected chi connectivity index (χ1v) is 8.01. The molecule has 1 heterocycles. The van der Waals surface area contributed by atoms with Gasteiger partial charge in [0.15, 0.2) is 0 Å². The summed E-state index contributed by atoms with van der Waals surface area (Å²) in [7, 11) is 0. The predicted molar refractivity (Wildman–Crippen MR) is 84.7 cm³/mol. The van der Waals surface area contributed by atoms with Crippen molar-refractivity contribution < 1.29 is 4.74 Å². The van der Waals surface area contributed by atoms with Crippen molar-refractivity contribution in [1.29, 1.82) is 0 Å². The van der Waals surface area contributed by atoms with Gasteiger partial charge in [0.25, 0.3) is 0 Å². The average molecular weight is 293 g/mol. The number of anilines is 2. The Hall–Kier alpha value is -1.59. The van der Waals surface area contributed by atoms with E-state index in [9.17, 15) is 0 Å². The Morgan fingerprint density at radius 3 is 2.52 bits per heavy atom. The van der Waals surface area contributed by atoms with Crippen LogP contribution in [0.1, 0.15) is 47.0 Å². The number of hydrogen-bond donors (Lipinski definition) is 2. The van der Waals surface area contributed by atoms with Crippen molar-refractivity contribution in [1.82, 2.24) is 15.0 Å². The van der Waals surface area contributed by atoms with Crippen LogP contribution in [-0.4, -0.2) is 34.1 Å². The van der Waals surface area contributed by atoms with E-state index in [1.165, 1.54) is 12.8 Å². The second-order valence-electron chi connectivity index (χ2n) is 5.87. The zero-order valence-corrected chi connectivity index (χ0v) is 13.5. The standard InChI is InChI=1S/C15H27N5O/c1-5-16-13-18-14(20-15(19-13)21-6-2)17-12-8-7-10(3)9-11(12)4/h10-12H,5-9H2,1-4H3,(H2,16,17,18,19,20).